The van der Waals surface area contributed by atoms with Gasteiger partial charge in [-0.05, 0) is 80.8 Å². The number of hydrogen-bond donors (Lipinski definition) is 1. The lowest BCUT2D eigenvalue weighted by molar-refractivity contribution is -0.140. The summed E-state index contributed by atoms with van der Waals surface area (Å²) >= 11 is 12.2. The van der Waals surface area contributed by atoms with E-state index in [0.717, 1.165) is 15.4 Å². The first-order chi connectivity index (χ1) is 18.5. The molecule has 3 aromatic carbocycles. The fourth-order valence-corrected chi connectivity index (χ4v) is 6.08. The Hall–Kier alpha value is -3.07. The van der Waals surface area contributed by atoms with E-state index in [9.17, 15) is 18.0 Å². The Labute approximate surface area is 240 Å². The van der Waals surface area contributed by atoms with Crippen LogP contribution in [0.1, 0.15) is 37.0 Å². The summed E-state index contributed by atoms with van der Waals surface area (Å²) in [6.07, 6.45) is 0.343. The molecular formula is C29H33Cl2N3O4S. The minimum absolute atomic E-state index is 0.0512. The Morgan fingerprint density at radius 1 is 0.897 bits per heavy atom. The van der Waals surface area contributed by atoms with Gasteiger partial charge >= 0.3 is 0 Å². The van der Waals surface area contributed by atoms with E-state index < -0.39 is 28.5 Å². The highest BCUT2D eigenvalue weighted by molar-refractivity contribution is 7.92. The van der Waals surface area contributed by atoms with E-state index in [-0.39, 0.29) is 17.3 Å². The summed E-state index contributed by atoms with van der Waals surface area (Å²) in [7, 11) is -4.15. The lowest BCUT2D eigenvalue weighted by Gasteiger charge is -2.33. The molecule has 208 valence electrons. The quantitative estimate of drug-likeness (QED) is 0.308. The predicted octanol–water partition coefficient (Wildman–Crippen LogP) is 5.75. The van der Waals surface area contributed by atoms with Crippen molar-refractivity contribution in [2.45, 2.75) is 51.6 Å². The summed E-state index contributed by atoms with van der Waals surface area (Å²) in [5.74, 6) is -0.828. The molecule has 0 aliphatic rings. The first kappa shape index (κ1) is 30.5. The summed E-state index contributed by atoms with van der Waals surface area (Å²) in [4.78, 5) is 28.5. The van der Waals surface area contributed by atoms with Crippen molar-refractivity contribution in [1.82, 2.24) is 10.2 Å². The van der Waals surface area contributed by atoms with Crippen molar-refractivity contribution in [3.63, 3.8) is 0 Å². The summed E-state index contributed by atoms with van der Waals surface area (Å²) in [5.41, 5.74) is 2.57. The van der Waals surface area contributed by atoms with Gasteiger partial charge in [0, 0.05) is 23.1 Å². The van der Waals surface area contributed by atoms with Crippen molar-refractivity contribution in [2.24, 2.45) is 0 Å². The smallest absolute Gasteiger partial charge is 0.264 e. The zero-order chi connectivity index (χ0) is 28.7. The normalized spacial score (nSPS) is 12.1. The van der Waals surface area contributed by atoms with E-state index in [1.165, 1.54) is 17.0 Å². The van der Waals surface area contributed by atoms with Crippen LogP contribution in [0.15, 0.2) is 71.6 Å². The van der Waals surface area contributed by atoms with Crippen molar-refractivity contribution >= 4 is 50.7 Å². The number of carbonyl (C=O) groups excluding carboxylic acids is 2. The van der Waals surface area contributed by atoms with Crippen molar-refractivity contribution < 1.29 is 18.0 Å². The fourth-order valence-electron chi connectivity index (χ4n) is 4.25. The monoisotopic (exact) mass is 589 g/mol. The van der Waals surface area contributed by atoms with Gasteiger partial charge in [-0.3, -0.25) is 13.9 Å². The summed E-state index contributed by atoms with van der Waals surface area (Å²) in [5, 5.41) is 3.78. The summed E-state index contributed by atoms with van der Waals surface area (Å²) in [6, 6.07) is 17.4. The van der Waals surface area contributed by atoms with Crippen LogP contribution in [0.5, 0.6) is 0 Å². The molecule has 0 spiro atoms. The largest absolute Gasteiger partial charge is 0.355 e. The molecule has 1 unspecified atom stereocenters. The van der Waals surface area contributed by atoms with E-state index in [1.807, 2.05) is 13.8 Å². The molecule has 1 N–H and O–H groups in total. The topological polar surface area (TPSA) is 86.8 Å². The number of nitrogens with one attached hydrogen (secondary N) is 1. The highest BCUT2D eigenvalue weighted by Gasteiger charge is 2.34. The van der Waals surface area contributed by atoms with Crippen LogP contribution in [0, 0.1) is 13.8 Å². The van der Waals surface area contributed by atoms with Crippen LogP contribution in [0.25, 0.3) is 0 Å². The number of amides is 2. The predicted molar refractivity (Wildman–Crippen MR) is 157 cm³/mol. The number of anilines is 1. The number of aryl methyl sites for hydroxylation is 2. The van der Waals surface area contributed by atoms with Gasteiger partial charge in [-0.15, -0.1) is 0 Å². The Bertz CT molecular complexity index is 1410. The highest BCUT2D eigenvalue weighted by atomic mass is 35.5. The highest BCUT2D eigenvalue weighted by Crippen LogP contribution is 2.29. The molecule has 0 aliphatic heterocycles. The number of benzene rings is 3. The molecule has 0 fully saturated rings. The number of halogens is 2. The van der Waals surface area contributed by atoms with Gasteiger partial charge < -0.3 is 10.2 Å². The second-order valence-electron chi connectivity index (χ2n) is 9.22. The lowest BCUT2D eigenvalue weighted by atomic mass is 10.1. The Morgan fingerprint density at radius 2 is 1.51 bits per heavy atom. The first-order valence-corrected chi connectivity index (χ1v) is 14.8. The van der Waals surface area contributed by atoms with Crippen molar-refractivity contribution in [2.75, 3.05) is 17.4 Å². The molecule has 1 atom stereocenters. The maximum absolute atomic E-state index is 14.0. The maximum Gasteiger partial charge on any atom is 0.264 e. The van der Waals surface area contributed by atoms with E-state index in [4.69, 9.17) is 23.2 Å². The van der Waals surface area contributed by atoms with Gasteiger partial charge in [-0.2, -0.15) is 0 Å². The van der Waals surface area contributed by atoms with Crippen LogP contribution < -0.4 is 9.62 Å². The average molecular weight is 591 g/mol. The van der Waals surface area contributed by atoms with E-state index >= 15 is 0 Å². The number of nitrogens with zero attached hydrogens (tertiary/aromatic N) is 2. The van der Waals surface area contributed by atoms with Crippen molar-refractivity contribution in [3.8, 4) is 0 Å². The average Bonchev–Trinajstić information content (AvgIpc) is 2.89. The van der Waals surface area contributed by atoms with Gasteiger partial charge in [-0.1, -0.05) is 60.0 Å². The molecule has 3 rings (SSSR count). The number of carbonyl (C=O) groups is 2. The summed E-state index contributed by atoms with van der Waals surface area (Å²) < 4.78 is 29.0. The minimum atomic E-state index is -4.15. The molecular weight excluding hydrogens is 557 g/mol. The van der Waals surface area contributed by atoms with Crippen LogP contribution >= 0.6 is 23.2 Å². The molecule has 0 saturated heterocycles. The van der Waals surface area contributed by atoms with Crippen LogP contribution in [-0.2, 0) is 26.2 Å². The Morgan fingerprint density at radius 3 is 2.08 bits per heavy atom. The molecule has 0 radical (unpaired) electrons. The van der Waals surface area contributed by atoms with Gasteiger partial charge in [-0.25, -0.2) is 8.42 Å². The molecule has 2 amide bonds. The minimum Gasteiger partial charge on any atom is -0.355 e. The standard InChI is InChI=1S/C29H33Cl2N3O4S/c1-5-26(29(36)32-6-2)33(18-22-9-11-23(30)12-10-22)28(35)19-34(27-16-13-24(31)17-21(27)4)39(37,38)25-14-7-20(3)8-15-25/h7-17,26H,5-6,18-19H2,1-4H3,(H,32,36). The van der Waals surface area contributed by atoms with E-state index in [0.29, 0.717) is 34.3 Å². The van der Waals surface area contributed by atoms with Crippen LogP contribution in [0.3, 0.4) is 0 Å². The van der Waals surface area contributed by atoms with E-state index in [1.54, 1.807) is 68.4 Å². The Kier molecular flexibility index (Phi) is 10.4. The number of hydrogen-bond acceptors (Lipinski definition) is 4. The second-order valence-corrected chi connectivity index (χ2v) is 12.0. The third-order valence-corrected chi connectivity index (χ3v) is 8.58. The van der Waals surface area contributed by atoms with Crippen LogP contribution in [0.4, 0.5) is 5.69 Å². The van der Waals surface area contributed by atoms with Crippen LogP contribution in [0.2, 0.25) is 10.0 Å². The molecule has 3 aromatic rings. The van der Waals surface area contributed by atoms with Gasteiger partial charge in [0.25, 0.3) is 10.0 Å². The van der Waals surface area contributed by atoms with Gasteiger partial charge in [0.1, 0.15) is 12.6 Å². The lowest BCUT2D eigenvalue weighted by Crippen LogP contribution is -2.52. The molecule has 0 aromatic heterocycles. The van der Waals surface area contributed by atoms with Crippen molar-refractivity contribution in [3.05, 3.63) is 93.5 Å². The number of likely N-dealkylation sites (N-methyl/N-ethyl adjacent to an activating group) is 1. The van der Waals surface area contributed by atoms with Crippen molar-refractivity contribution in [1.29, 1.82) is 0 Å². The first-order valence-electron chi connectivity index (χ1n) is 12.6. The molecule has 0 heterocycles. The van der Waals surface area contributed by atoms with E-state index in [2.05, 4.69) is 5.32 Å². The molecule has 7 nitrogen and oxygen atoms in total. The number of sulfonamides is 1. The molecule has 0 saturated carbocycles. The summed E-state index contributed by atoms with van der Waals surface area (Å²) in [6.45, 7) is 7.20. The maximum atomic E-state index is 14.0. The molecule has 0 bridgehead atoms. The molecule has 10 heteroatoms. The second kappa shape index (κ2) is 13.3. The zero-order valence-corrected chi connectivity index (χ0v) is 24.8. The third-order valence-electron chi connectivity index (χ3n) is 6.32. The Balaban J connectivity index is 2.09. The van der Waals surface area contributed by atoms with Gasteiger partial charge in [0.15, 0.2) is 0 Å². The van der Waals surface area contributed by atoms with Gasteiger partial charge in [0.05, 0.1) is 10.6 Å². The van der Waals surface area contributed by atoms with Crippen LogP contribution in [-0.4, -0.2) is 44.3 Å². The number of rotatable bonds is 11. The zero-order valence-electron chi connectivity index (χ0n) is 22.4. The SMILES string of the molecule is CCNC(=O)C(CC)N(Cc1ccc(Cl)cc1)C(=O)CN(c1ccc(Cl)cc1C)S(=O)(=O)c1ccc(C)cc1. The fraction of sp³-hybridized carbons (Fsp3) is 0.310. The van der Waals surface area contributed by atoms with Gasteiger partial charge in [0.2, 0.25) is 11.8 Å². The molecule has 39 heavy (non-hydrogen) atoms. The molecule has 0 aliphatic carbocycles. The third kappa shape index (κ3) is 7.53.